The van der Waals surface area contributed by atoms with Crippen molar-refractivity contribution in [3.05, 3.63) is 24.9 Å². The minimum atomic E-state index is -0.256. The van der Waals surface area contributed by atoms with Gasteiger partial charge in [0.1, 0.15) is 4.87 Å². The van der Waals surface area contributed by atoms with Crippen LogP contribution < -0.4 is 10.4 Å². The van der Waals surface area contributed by atoms with Gasteiger partial charge in [-0.3, -0.25) is 16.1 Å². The number of hydrogen-bond donors (Lipinski definition) is 1. The van der Waals surface area contributed by atoms with Gasteiger partial charge in [-0.25, -0.2) is 0 Å². The summed E-state index contributed by atoms with van der Waals surface area (Å²) in [7, 11) is 0. The molecule has 0 aromatic carbocycles. The normalized spacial score (nSPS) is 9.73. The quantitative estimate of drug-likeness (QED) is 0.740. The van der Waals surface area contributed by atoms with Gasteiger partial charge in [-0.15, -0.1) is 0 Å². The molecular weight excluding hydrogens is 239 g/mol. The van der Waals surface area contributed by atoms with E-state index in [1.54, 1.807) is 0 Å². The molecule has 1 aromatic heterocycles. The van der Waals surface area contributed by atoms with E-state index in [0.717, 1.165) is 11.3 Å². The largest absolute Gasteiger partial charge is 0.374 e. The van der Waals surface area contributed by atoms with Crippen LogP contribution in [-0.2, 0) is 32.7 Å². The zero-order valence-corrected chi connectivity index (χ0v) is 10.0. The Balaban J connectivity index is 0.000001000. The number of thiazole rings is 1. The van der Waals surface area contributed by atoms with Crippen molar-refractivity contribution in [1.82, 2.24) is 4.98 Å². The predicted molar refractivity (Wildman–Crippen MR) is 40.9 cm³/mol. The van der Waals surface area contributed by atoms with Crippen molar-refractivity contribution in [3.8, 4) is 0 Å². The number of aromatic nitrogens is 1. The molecule has 0 unspecified atom stereocenters. The van der Waals surface area contributed by atoms with Crippen molar-refractivity contribution in [3.63, 3.8) is 0 Å². The Kier molecular flexibility index (Phi) is 4.51. The average Bonchev–Trinajstić information content (AvgIpc) is 2.10. The smallest absolute Gasteiger partial charge is 0.166 e. The predicted octanol–water partition coefficient (Wildman–Crippen LogP) is 0.636. The number of aromatic amines is 1. The van der Waals surface area contributed by atoms with E-state index in [9.17, 15) is 9.59 Å². The second kappa shape index (κ2) is 4.38. The summed E-state index contributed by atoms with van der Waals surface area (Å²) in [4.78, 5) is 24.0. The molecular formula is C6H8NO2SY-. The molecule has 0 atom stereocenters. The van der Waals surface area contributed by atoms with Crippen LogP contribution in [0.3, 0.4) is 0 Å². The fourth-order valence-electron chi connectivity index (χ4n) is 0.706. The zero-order valence-electron chi connectivity index (χ0n) is 6.38. The van der Waals surface area contributed by atoms with Gasteiger partial charge in [0.15, 0.2) is 5.56 Å². The van der Waals surface area contributed by atoms with Gasteiger partial charge in [-0.1, -0.05) is 24.6 Å². The van der Waals surface area contributed by atoms with Crippen molar-refractivity contribution < 1.29 is 32.7 Å². The monoisotopic (exact) mass is 247 g/mol. The van der Waals surface area contributed by atoms with Crippen molar-refractivity contribution in [2.45, 2.75) is 19.8 Å². The van der Waals surface area contributed by atoms with E-state index in [4.69, 9.17) is 0 Å². The van der Waals surface area contributed by atoms with Gasteiger partial charge in [0.2, 0.25) is 0 Å². The van der Waals surface area contributed by atoms with Crippen molar-refractivity contribution >= 4 is 11.3 Å². The van der Waals surface area contributed by atoms with E-state index >= 15 is 0 Å². The summed E-state index contributed by atoms with van der Waals surface area (Å²) >= 11 is 0.999. The molecule has 1 N–H and O–H groups in total. The maximum absolute atomic E-state index is 10.8. The average molecular weight is 247 g/mol. The Morgan fingerprint density at radius 2 is 2.00 bits per heavy atom. The molecule has 11 heavy (non-hydrogen) atoms. The summed E-state index contributed by atoms with van der Waals surface area (Å²) in [6, 6.07) is 0. The van der Waals surface area contributed by atoms with Gasteiger partial charge >= 0.3 is 0 Å². The molecule has 1 aromatic rings. The molecule has 59 valence electrons. The third-order valence-electron chi connectivity index (χ3n) is 1.17. The summed E-state index contributed by atoms with van der Waals surface area (Å²) in [5, 5.41) is 0. The standard InChI is InChI=1S/C6H8NO2S.Y/c1-3(2)4-5(8)7-6(9)10-4;/h3H,1-2H3,(H,7,8,9);/q-1;. The zero-order chi connectivity index (χ0) is 7.72. The first-order chi connectivity index (χ1) is 4.61. The Morgan fingerprint density at radius 3 is 2.18 bits per heavy atom. The SMILES string of the molecule is CC(C)[c-]1sc(=O)[nH]c1=O.[Y]. The number of nitrogens with one attached hydrogen (secondary N) is 1. The summed E-state index contributed by atoms with van der Waals surface area (Å²) < 4.78 is 0. The van der Waals surface area contributed by atoms with Crippen LogP contribution in [0.15, 0.2) is 9.59 Å². The van der Waals surface area contributed by atoms with E-state index in [2.05, 4.69) is 4.98 Å². The maximum atomic E-state index is 10.8. The van der Waals surface area contributed by atoms with Crippen LogP contribution in [0.5, 0.6) is 0 Å². The molecule has 1 rings (SSSR count). The molecule has 5 heteroatoms. The molecule has 0 fully saturated rings. The Morgan fingerprint density at radius 1 is 1.45 bits per heavy atom. The first kappa shape index (κ1) is 11.3. The molecule has 0 bridgehead atoms. The van der Waals surface area contributed by atoms with Crippen molar-refractivity contribution in [2.75, 3.05) is 0 Å². The topological polar surface area (TPSA) is 49.9 Å². The van der Waals surface area contributed by atoms with Crippen LogP contribution >= 0.6 is 11.3 Å². The Hall–Kier alpha value is 0.334. The molecule has 0 amide bonds. The number of hydrogen-bond acceptors (Lipinski definition) is 3. The first-order valence-electron chi connectivity index (χ1n) is 3.01. The van der Waals surface area contributed by atoms with Crippen molar-refractivity contribution in [2.24, 2.45) is 0 Å². The van der Waals surface area contributed by atoms with Crippen molar-refractivity contribution in [1.29, 1.82) is 0 Å². The van der Waals surface area contributed by atoms with Gasteiger partial charge in [-0.2, -0.15) is 0 Å². The van der Waals surface area contributed by atoms with Crippen LogP contribution in [0.1, 0.15) is 24.6 Å². The van der Waals surface area contributed by atoms with E-state index in [-0.39, 0.29) is 49.1 Å². The van der Waals surface area contributed by atoms with Crippen LogP contribution in [0.25, 0.3) is 0 Å². The minimum absolute atomic E-state index is 0. The molecule has 0 aliphatic rings. The third-order valence-corrected chi connectivity index (χ3v) is 2.33. The van der Waals surface area contributed by atoms with Gasteiger partial charge in [-0.05, 0) is 0 Å². The molecule has 0 saturated heterocycles. The van der Waals surface area contributed by atoms with Gasteiger partial charge in [0.05, 0.1) is 0 Å². The van der Waals surface area contributed by atoms with Crippen LogP contribution in [0.4, 0.5) is 0 Å². The van der Waals surface area contributed by atoms with Gasteiger partial charge in [0, 0.05) is 32.7 Å². The van der Waals surface area contributed by atoms with E-state index in [0.29, 0.717) is 4.88 Å². The number of H-pyrrole nitrogens is 1. The molecule has 0 spiro atoms. The first-order valence-corrected chi connectivity index (χ1v) is 3.83. The molecule has 1 heterocycles. The van der Waals surface area contributed by atoms with Crippen LogP contribution in [0.2, 0.25) is 0 Å². The van der Waals surface area contributed by atoms with Gasteiger partial charge < -0.3 is 9.78 Å². The summed E-state index contributed by atoms with van der Waals surface area (Å²) in [5.74, 6) is 0.149. The molecule has 0 aliphatic heterocycles. The second-order valence-electron chi connectivity index (χ2n) is 2.36. The minimum Gasteiger partial charge on any atom is -0.374 e. The molecule has 3 nitrogen and oxygen atoms in total. The van der Waals surface area contributed by atoms with E-state index in [1.165, 1.54) is 0 Å². The molecule has 1 radical (unpaired) electrons. The molecule has 0 saturated carbocycles. The summed E-state index contributed by atoms with van der Waals surface area (Å²) in [5.41, 5.74) is -0.231. The fraction of sp³-hybridized carbons (Fsp3) is 0.500. The molecule has 0 aliphatic carbocycles. The van der Waals surface area contributed by atoms with Gasteiger partial charge in [0.25, 0.3) is 0 Å². The van der Waals surface area contributed by atoms with Crippen LogP contribution in [-0.4, -0.2) is 4.98 Å². The maximum Gasteiger partial charge on any atom is 0.166 e. The summed E-state index contributed by atoms with van der Waals surface area (Å²) in [6.45, 7) is 3.78. The third kappa shape index (κ3) is 2.69. The Labute approximate surface area is 93.1 Å². The van der Waals surface area contributed by atoms with E-state index in [1.807, 2.05) is 13.8 Å². The Bertz CT molecular complexity index is 322. The summed E-state index contributed by atoms with van der Waals surface area (Å²) in [6.07, 6.45) is 0. The number of rotatable bonds is 1. The van der Waals surface area contributed by atoms with Crippen LogP contribution in [0, 0.1) is 0 Å². The fourth-order valence-corrected chi connectivity index (χ4v) is 1.43. The van der Waals surface area contributed by atoms with E-state index < -0.39 is 0 Å². The second-order valence-corrected chi connectivity index (χ2v) is 3.38.